The van der Waals surface area contributed by atoms with Gasteiger partial charge in [0.1, 0.15) is 42.1 Å². The standard InChI is InChI=1S/C51H96N4O11S.C25H47N3O9S.C19H36N2O6.C6H10BO3.3CH4/c1-3-5-7-9-11-13-15-17-18-20-22-24-26-30-49(60)66-44(40-65-51(62)54-34-27-25-23-21-19-16-14-12-10-8-6-4-2)41-67-42-45(52)50(61)55-46(39-56)47(58)29-28-35-63-37-38-64-36-33-43(57)31-32-48(53)59;1-25(2,3)37-15-21(28-24(34)20(26)17-38-16-19(31)14-29)22(32)6-5-10-35-12-13-36-11-9-18(30)7-8-23(33)27-4;1-19(2,3)27-14-16(20)17(23)6-5-10-25-12-13-26-11-9-15(22)7-8-18(24)21-4;1-2-5(6(9)10)3-7-4-8;;;/h44-46,56H,3-42,52H2,1-2H3,(H2,53,59)(H,54,62)(H,55,61);19-21,29,31H,5-17,26H2,1-4H3,(H,27,33)(H,28,34);16H,5-14,20H2,1-4H3,(H,21,24);4-5H,2-3H2,1H3,(H,9,10);3*1H4/t44-,45+,46+;19-,20+,21+;16-;5-;;;/m1101.../s1. The molecule has 851 valence electrons. The van der Waals surface area contributed by atoms with Crippen molar-refractivity contribution < 1.29 is 140 Å². The van der Waals surface area contributed by atoms with Gasteiger partial charge in [-0.05, 0) is 80.1 Å². The highest BCUT2D eigenvalue weighted by molar-refractivity contribution is 7.99. The molecule has 41 heteroatoms. The van der Waals surface area contributed by atoms with Crippen molar-refractivity contribution in [3.05, 3.63) is 0 Å². The fraction of sp³-hybridized carbons (Fsp3) is 0.856. The summed E-state index contributed by atoms with van der Waals surface area (Å²) in [5.41, 5.74) is 22.1. The zero-order valence-electron chi connectivity index (χ0n) is 88.4. The van der Waals surface area contributed by atoms with Gasteiger partial charge in [-0.2, -0.15) is 23.5 Å². The number of carboxylic acids is 1. The molecular weight excluding hydrogens is 1910 g/mol. The topological polar surface area (TPSA) is 594 Å². The first kappa shape index (κ1) is 151. The lowest BCUT2D eigenvalue weighted by Crippen LogP contribution is -2.51. The number of aliphatic carboxylic acids is 1. The van der Waals surface area contributed by atoms with Gasteiger partial charge >= 0.3 is 18.0 Å². The van der Waals surface area contributed by atoms with Crippen molar-refractivity contribution in [2.75, 3.05) is 156 Å². The second-order valence-electron chi connectivity index (χ2n) is 37.0. The Morgan fingerprint density at radius 3 is 1.14 bits per heavy atom. The van der Waals surface area contributed by atoms with Crippen molar-refractivity contribution >= 4 is 119 Å². The van der Waals surface area contributed by atoms with Crippen LogP contribution in [0.25, 0.3) is 0 Å². The van der Waals surface area contributed by atoms with Crippen LogP contribution in [-0.2, 0) is 114 Å². The van der Waals surface area contributed by atoms with Gasteiger partial charge in [0.15, 0.2) is 24.6 Å². The average molecular weight is 2120 g/mol. The number of hydrogen-bond acceptors (Lipinski definition) is 33. The Hall–Kier alpha value is -6.55. The largest absolute Gasteiger partial charge is 0.481 e. The summed E-state index contributed by atoms with van der Waals surface area (Å²) >= 11 is 2.51. The molecule has 0 bridgehead atoms. The van der Waals surface area contributed by atoms with E-state index in [1.807, 2.05) is 41.5 Å². The number of carboxylic acid groups (broad SMARTS) is 1. The lowest BCUT2D eigenvalue weighted by Gasteiger charge is -2.25. The molecule has 145 heavy (non-hydrogen) atoms. The zero-order valence-corrected chi connectivity index (χ0v) is 90.0. The molecule has 0 unspecified atom stereocenters. The number of alkyl carbamates (subject to hydrolysis) is 1. The molecule has 0 spiro atoms. The summed E-state index contributed by atoms with van der Waals surface area (Å²) < 4.78 is 54.8. The van der Waals surface area contributed by atoms with E-state index < -0.39 is 90.3 Å². The molecule has 0 aliphatic rings. The third-order valence-electron chi connectivity index (χ3n) is 21.6. The molecule has 17 N–H and O–H groups in total. The summed E-state index contributed by atoms with van der Waals surface area (Å²) in [5.74, 6) is -3.41. The number of carbonyl (C=O) groups excluding carboxylic acids is 14. The second-order valence-corrected chi connectivity index (χ2v) is 39.2. The highest BCUT2D eigenvalue weighted by Crippen LogP contribution is 2.19. The highest BCUT2D eigenvalue weighted by Gasteiger charge is 2.29. The maximum Gasteiger partial charge on any atom is 0.407 e. The Kier molecular flexibility index (Phi) is 111. The fourth-order valence-corrected chi connectivity index (χ4v) is 14.7. The first-order valence-corrected chi connectivity index (χ1v) is 54.2. The van der Waals surface area contributed by atoms with Gasteiger partial charge in [0.05, 0.1) is 128 Å². The first-order valence-electron chi connectivity index (χ1n) is 51.9. The maximum absolute atomic E-state index is 12.9. The smallest absolute Gasteiger partial charge is 0.407 e. The van der Waals surface area contributed by atoms with Gasteiger partial charge in [0, 0.05) is 153 Å². The summed E-state index contributed by atoms with van der Waals surface area (Å²) in [6.45, 7) is 20.9. The van der Waals surface area contributed by atoms with Crippen LogP contribution in [0.1, 0.15) is 354 Å². The number of primary amides is 1. The van der Waals surface area contributed by atoms with Gasteiger partial charge in [-0.25, -0.2) is 4.79 Å². The van der Waals surface area contributed by atoms with Crippen LogP contribution in [0.3, 0.4) is 0 Å². The van der Waals surface area contributed by atoms with Crippen molar-refractivity contribution in [3.8, 4) is 0 Å². The Morgan fingerprint density at radius 2 is 0.766 bits per heavy atom. The molecule has 0 rings (SSSR count). The maximum atomic E-state index is 12.9. The number of ether oxygens (including phenoxy) is 10. The molecule has 0 saturated carbocycles. The van der Waals surface area contributed by atoms with Crippen LogP contribution in [0.2, 0.25) is 6.32 Å². The first-order chi connectivity index (χ1) is 67.8. The predicted molar refractivity (Wildman–Crippen MR) is 575 cm³/mol. The Morgan fingerprint density at radius 1 is 0.400 bits per heavy atom. The number of unbranched alkanes of at least 4 members (excludes halogenated alkanes) is 23. The number of carbonyl (C=O) groups is 15. The number of hydrogen-bond donors (Lipinski definition) is 13. The van der Waals surface area contributed by atoms with E-state index in [0.29, 0.717) is 104 Å². The van der Waals surface area contributed by atoms with Gasteiger partial charge < -0.3 is 122 Å². The van der Waals surface area contributed by atoms with Crippen molar-refractivity contribution in [1.29, 1.82) is 0 Å². The zero-order chi connectivity index (χ0) is 107. The minimum absolute atomic E-state index is 0. The van der Waals surface area contributed by atoms with Crippen LogP contribution in [0.15, 0.2) is 0 Å². The number of ketones is 6. The van der Waals surface area contributed by atoms with Gasteiger partial charge in [-0.1, -0.05) is 197 Å². The molecule has 6 amide bonds. The molecule has 0 aromatic heterocycles. The minimum Gasteiger partial charge on any atom is -0.481 e. The molecule has 0 saturated heterocycles. The van der Waals surface area contributed by atoms with Crippen LogP contribution in [0, 0.1) is 5.92 Å². The molecule has 38 nitrogen and oxygen atoms in total. The van der Waals surface area contributed by atoms with E-state index in [9.17, 15) is 82.1 Å². The Labute approximate surface area is 879 Å². The lowest BCUT2D eigenvalue weighted by molar-refractivity contribution is -0.150. The summed E-state index contributed by atoms with van der Waals surface area (Å²) in [7, 11) is 4.40. The third-order valence-corrected chi connectivity index (χ3v) is 24.0. The molecule has 0 aliphatic heterocycles. The molecule has 0 aliphatic carbocycles. The third kappa shape index (κ3) is 107. The predicted octanol–water partition coefficient (Wildman–Crippen LogP) is 11.8. The number of aliphatic hydroxyl groups excluding tert-OH is 3. The van der Waals surface area contributed by atoms with Gasteiger partial charge in [0.25, 0.3) is 0 Å². The van der Waals surface area contributed by atoms with Crippen LogP contribution in [0.4, 0.5) is 4.79 Å². The number of thioether (sulfide) groups is 2. The SMILES string of the molecule is C.C.C.CCCCCCCCCCCCCCCC(=O)O[C@H](COC(=O)NCCCCCCCCCCCCCC)CSC[C@H](N)C(=O)N[C@@H](CO)C(=O)CCCOCCOCCC(=O)CCC(N)=O.CC[C@H](C[B]C=O)C(=O)O.CNC(=O)CCC(=O)CCOCCOCCCC(=O)[C@@H](N)COC(C)(C)C.CNC(=O)CCC(=O)CCOCCOCCCC(=O)[C@H](COC(C)(C)C)NC(=O)[C@@H](N)CSC[C@H](O)CO. The fourth-order valence-electron chi connectivity index (χ4n) is 12.8. The highest BCUT2D eigenvalue weighted by atomic mass is 32.2. The number of nitrogens with two attached hydrogens (primary N) is 4. The quantitative estimate of drug-likeness (QED) is 0.0116. The van der Waals surface area contributed by atoms with E-state index in [-0.39, 0.29) is 233 Å². The van der Waals surface area contributed by atoms with E-state index in [1.54, 1.807) is 14.0 Å². The van der Waals surface area contributed by atoms with Crippen LogP contribution in [0.5, 0.6) is 0 Å². The number of rotatable bonds is 95. The van der Waals surface area contributed by atoms with Crippen molar-refractivity contribution in [2.45, 2.75) is 414 Å². The number of esters is 1. The second kappa shape index (κ2) is 106. The molecule has 0 aromatic rings. The van der Waals surface area contributed by atoms with Crippen LogP contribution in [-0.4, -0.2) is 326 Å². The summed E-state index contributed by atoms with van der Waals surface area (Å²) in [6, 6.07) is -4.49. The van der Waals surface area contributed by atoms with E-state index in [2.05, 4.69) is 40.4 Å². The van der Waals surface area contributed by atoms with Crippen LogP contribution >= 0.6 is 23.5 Å². The summed E-state index contributed by atoms with van der Waals surface area (Å²) in [5, 5.41) is 49.5. The summed E-state index contributed by atoms with van der Waals surface area (Å²) in [4.78, 5) is 176. The van der Waals surface area contributed by atoms with Gasteiger partial charge in [-0.15, -0.1) is 0 Å². The molecule has 1 radical (unpaired) electrons. The van der Waals surface area contributed by atoms with E-state index in [4.69, 9.17) is 80.5 Å². The van der Waals surface area contributed by atoms with Crippen molar-refractivity contribution in [2.24, 2.45) is 28.9 Å². The number of nitrogens with one attached hydrogen (secondary N) is 5. The normalized spacial score (nSPS) is 12.7. The van der Waals surface area contributed by atoms with Crippen LogP contribution < -0.4 is 49.5 Å². The van der Waals surface area contributed by atoms with E-state index in [0.717, 1.165) is 44.9 Å². The molecule has 0 aromatic carbocycles. The average Bonchev–Trinajstić information content (AvgIpc) is 0.946. The number of Topliss-reactive ketones (excluding diaryl/α,β-unsaturated/α-hetero) is 6. The molecule has 8 atom stereocenters. The lowest BCUT2D eigenvalue weighted by atomic mass is 9.71. The van der Waals surface area contributed by atoms with Crippen molar-refractivity contribution in [1.82, 2.24) is 26.6 Å². The Bertz CT molecular complexity index is 3260. The number of amides is 6. The van der Waals surface area contributed by atoms with Crippen molar-refractivity contribution in [3.63, 3.8) is 0 Å². The molecule has 0 heterocycles. The molecule has 0 fully saturated rings. The molecular formula is C104H201BN9O29S2. The summed E-state index contributed by atoms with van der Waals surface area (Å²) in [6.07, 6.45) is 33.7. The van der Waals surface area contributed by atoms with E-state index in [1.165, 1.54) is 153 Å². The van der Waals surface area contributed by atoms with Gasteiger partial charge in [0.2, 0.25) is 29.5 Å². The number of aliphatic hydroxyl groups is 3. The monoisotopic (exact) mass is 2120 g/mol. The Balaban J connectivity index is -0.000000408. The minimum atomic E-state index is -1.13. The van der Waals surface area contributed by atoms with E-state index >= 15 is 0 Å². The van der Waals surface area contributed by atoms with Gasteiger partial charge in [-0.3, -0.25) is 62.3 Å².